The average Bonchev–Trinajstić information content (AvgIpc) is 2.59. The van der Waals surface area contributed by atoms with Crippen LogP contribution in [0, 0.1) is 23.7 Å². The number of hydrogen-bond acceptors (Lipinski definition) is 1. The molecule has 0 aromatic rings. The second-order valence-electron chi connectivity index (χ2n) is 5.15. The maximum atomic E-state index is 3.75. The van der Waals surface area contributed by atoms with Crippen molar-refractivity contribution >= 4 is 0 Å². The smallest absolute Gasteiger partial charge is 0.0126 e. The minimum absolute atomic E-state index is 0.853. The zero-order valence-electron chi connectivity index (χ0n) is 9.22. The van der Waals surface area contributed by atoms with Gasteiger partial charge in [0.05, 0.1) is 0 Å². The standard InChI is InChI=1S/C12H23N/c1-4-5-6-13-12-8(2)7-10-9(3)11(10)12/h8-13H,4-7H2,1-3H3. The van der Waals surface area contributed by atoms with Crippen LogP contribution in [0.25, 0.3) is 0 Å². The Balaban J connectivity index is 1.77. The predicted octanol–water partition coefficient (Wildman–Crippen LogP) is 2.67. The largest absolute Gasteiger partial charge is 0.313 e. The first kappa shape index (κ1) is 9.51. The Bertz CT molecular complexity index is 178. The van der Waals surface area contributed by atoms with Gasteiger partial charge in [-0.3, -0.25) is 0 Å². The molecule has 2 fully saturated rings. The van der Waals surface area contributed by atoms with Crippen molar-refractivity contribution in [2.75, 3.05) is 6.54 Å². The van der Waals surface area contributed by atoms with Crippen LogP contribution in [0.3, 0.4) is 0 Å². The molecule has 0 aliphatic heterocycles. The van der Waals surface area contributed by atoms with E-state index in [1.54, 1.807) is 0 Å². The molecule has 1 N–H and O–H groups in total. The van der Waals surface area contributed by atoms with Crippen LogP contribution in [0.2, 0.25) is 0 Å². The van der Waals surface area contributed by atoms with Gasteiger partial charge in [-0.1, -0.05) is 27.2 Å². The number of fused-ring (bicyclic) bond motifs is 1. The average molecular weight is 181 g/mol. The molecule has 2 saturated carbocycles. The van der Waals surface area contributed by atoms with Crippen molar-refractivity contribution in [2.24, 2.45) is 23.7 Å². The van der Waals surface area contributed by atoms with Crippen LogP contribution in [0.4, 0.5) is 0 Å². The summed E-state index contributed by atoms with van der Waals surface area (Å²) < 4.78 is 0. The molecular weight excluding hydrogens is 158 g/mol. The number of unbranched alkanes of at least 4 members (excludes halogenated alkanes) is 1. The highest BCUT2D eigenvalue weighted by atomic mass is 15.0. The van der Waals surface area contributed by atoms with Crippen LogP contribution in [0.1, 0.15) is 40.0 Å². The van der Waals surface area contributed by atoms with Gasteiger partial charge >= 0.3 is 0 Å². The van der Waals surface area contributed by atoms with Gasteiger partial charge in [-0.25, -0.2) is 0 Å². The van der Waals surface area contributed by atoms with Crippen LogP contribution in [0.5, 0.6) is 0 Å². The van der Waals surface area contributed by atoms with Crippen molar-refractivity contribution in [3.8, 4) is 0 Å². The van der Waals surface area contributed by atoms with E-state index in [0.29, 0.717) is 0 Å². The second-order valence-corrected chi connectivity index (χ2v) is 5.15. The summed E-state index contributed by atoms with van der Waals surface area (Å²) in [6, 6.07) is 0.853. The van der Waals surface area contributed by atoms with Crippen LogP contribution in [-0.2, 0) is 0 Å². The zero-order chi connectivity index (χ0) is 9.42. The van der Waals surface area contributed by atoms with E-state index < -0.39 is 0 Å². The molecule has 76 valence electrons. The molecule has 0 aromatic heterocycles. The topological polar surface area (TPSA) is 12.0 Å². The molecule has 1 heteroatoms. The fourth-order valence-electron chi connectivity index (χ4n) is 3.28. The molecule has 5 unspecified atom stereocenters. The van der Waals surface area contributed by atoms with E-state index in [9.17, 15) is 0 Å². The molecule has 0 amide bonds. The normalized spacial score (nSPS) is 47.8. The molecule has 0 saturated heterocycles. The Morgan fingerprint density at radius 3 is 2.69 bits per heavy atom. The molecule has 2 aliphatic rings. The SMILES string of the molecule is CCCCNC1C(C)CC2C(C)C21. The lowest BCUT2D eigenvalue weighted by molar-refractivity contribution is 0.353. The fraction of sp³-hybridized carbons (Fsp3) is 1.00. The molecule has 13 heavy (non-hydrogen) atoms. The maximum Gasteiger partial charge on any atom is 0.0126 e. The van der Waals surface area contributed by atoms with Gasteiger partial charge in [-0.05, 0) is 43.1 Å². The van der Waals surface area contributed by atoms with Crippen LogP contribution in [0.15, 0.2) is 0 Å². The molecule has 0 spiro atoms. The van der Waals surface area contributed by atoms with E-state index in [4.69, 9.17) is 0 Å². The Hall–Kier alpha value is -0.0400. The molecule has 0 radical (unpaired) electrons. The van der Waals surface area contributed by atoms with Crippen LogP contribution >= 0.6 is 0 Å². The lowest BCUT2D eigenvalue weighted by Crippen LogP contribution is -2.35. The zero-order valence-corrected chi connectivity index (χ0v) is 9.22. The van der Waals surface area contributed by atoms with Crippen molar-refractivity contribution in [2.45, 2.75) is 46.1 Å². The fourth-order valence-corrected chi connectivity index (χ4v) is 3.28. The third kappa shape index (κ3) is 1.63. The lowest BCUT2D eigenvalue weighted by atomic mass is 9.97. The highest BCUT2D eigenvalue weighted by Gasteiger charge is 2.57. The van der Waals surface area contributed by atoms with Gasteiger partial charge in [0.25, 0.3) is 0 Å². The first-order valence-corrected chi connectivity index (χ1v) is 5.99. The highest BCUT2D eigenvalue weighted by Crippen LogP contribution is 2.59. The Morgan fingerprint density at radius 2 is 2.08 bits per heavy atom. The number of hydrogen-bond donors (Lipinski definition) is 1. The molecule has 2 rings (SSSR count). The van der Waals surface area contributed by atoms with Crippen molar-refractivity contribution < 1.29 is 0 Å². The summed E-state index contributed by atoms with van der Waals surface area (Å²) in [5, 5.41) is 3.75. The molecular formula is C12H23N. The Kier molecular flexibility index (Phi) is 2.64. The van der Waals surface area contributed by atoms with Crippen LogP contribution < -0.4 is 5.32 Å². The molecule has 1 nitrogen and oxygen atoms in total. The highest BCUT2D eigenvalue weighted by molar-refractivity contribution is 5.08. The van der Waals surface area contributed by atoms with E-state index in [1.165, 1.54) is 25.8 Å². The monoisotopic (exact) mass is 181 g/mol. The van der Waals surface area contributed by atoms with Crippen molar-refractivity contribution in [1.29, 1.82) is 0 Å². The van der Waals surface area contributed by atoms with E-state index in [-0.39, 0.29) is 0 Å². The first-order valence-electron chi connectivity index (χ1n) is 5.99. The maximum absolute atomic E-state index is 3.75. The summed E-state index contributed by atoms with van der Waals surface area (Å²) in [4.78, 5) is 0. The summed E-state index contributed by atoms with van der Waals surface area (Å²) in [6.45, 7) is 8.35. The quantitative estimate of drug-likeness (QED) is 0.657. The Labute approximate surface area is 82.3 Å². The van der Waals surface area contributed by atoms with Gasteiger partial charge in [-0.2, -0.15) is 0 Å². The van der Waals surface area contributed by atoms with E-state index >= 15 is 0 Å². The van der Waals surface area contributed by atoms with Gasteiger partial charge in [0.2, 0.25) is 0 Å². The second kappa shape index (κ2) is 3.61. The molecule has 0 bridgehead atoms. The predicted molar refractivity (Wildman–Crippen MR) is 56.6 cm³/mol. The minimum Gasteiger partial charge on any atom is -0.313 e. The van der Waals surface area contributed by atoms with E-state index in [1.807, 2.05) is 0 Å². The van der Waals surface area contributed by atoms with E-state index in [0.717, 1.165) is 29.7 Å². The van der Waals surface area contributed by atoms with Gasteiger partial charge < -0.3 is 5.32 Å². The van der Waals surface area contributed by atoms with Crippen molar-refractivity contribution in [3.63, 3.8) is 0 Å². The third-order valence-electron chi connectivity index (χ3n) is 4.22. The van der Waals surface area contributed by atoms with Gasteiger partial charge in [0.1, 0.15) is 0 Å². The molecule has 0 aromatic carbocycles. The first-order chi connectivity index (χ1) is 6.25. The lowest BCUT2D eigenvalue weighted by Gasteiger charge is -2.21. The minimum atomic E-state index is 0.853. The van der Waals surface area contributed by atoms with Gasteiger partial charge in [0, 0.05) is 6.04 Å². The molecule has 5 atom stereocenters. The molecule has 2 aliphatic carbocycles. The summed E-state index contributed by atoms with van der Waals surface area (Å²) in [5.74, 6) is 4.07. The summed E-state index contributed by atoms with van der Waals surface area (Å²) in [6.07, 6.45) is 4.14. The van der Waals surface area contributed by atoms with Gasteiger partial charge in [0.15, 0.2) is 0 Å². The summed E-state index contributed by atoms with van der Waals surface area (Å²) in [7, 11) is 0. The van der Waals surface area contributed by atoms with Crippen LogP contribution in [-0.4, -0.2) is 12.6 Å². The number of rotatable bonds is 4. The van der Waals surface area contributed by atoms with Crippen molar-refractivity contribution in [1.82, 2.24) is 5.32 Å². The van der Waals surface area contributed by atoms with E-state index in [2.05, 4.69) is 26.1 Å². The third-order valence-corrected chi connectivity index (χ3v) is 4.22. The number of nitrogens with one attached hydrogen (secondary N) is 1. The molecule has 0 heterocycles. The summed E-state index contributed by atoms with van der Waals surface area (Å²) >= 11 is 0. The van der Waals surface area contributed by atoms with Crippen molar-refractivity contribution in [3.05, 3.63) is 0 Å². The summed E-state index contributed by atoms with van der Waals surface area (Å²) in [5.41, 5.74) is 0. The van der Waals surface area contributed by atoms with Gasteiger partial charge in [-0.15, -0.1) is 0 Å². The Morgan fingerprint density at radius 1 is 1.31 bits per heavy atom.